The number of nitriles is 1. The molecule has 2 N–H and O–H groups in total. The summed E-state index contributed by atoms with van der Waals surface area (Å²) in [7, 11) is 0. The topological polar surface area (TPSA) is 94.3 Å². The van der Waals surface area contributed by atoms with Crippen LogP contribution in [0.25, 0.3) is 0 Å². The van der Waals surface area contributed by atoms with Gasteiger partial charge in [-0.15, -0.1) is 0 Å². The second-order valence-corrected chi connectivity index (χ2v) is 5.86. The number of hydrogen-bond donors (Lipinski definition) is 2. The molecule has 0 saturated carbocycles. The van der Waals surface area contributed by atoms with E-state index in [9.17, 15) is 9.59 Å². The first-order chi connectivity index (χ1) is 12.1. The highest BCUT2D eigenvalue weighted by Crippen LogP contribution is 2.19. The van der Waals surface area contributed by atoms with E-state index in [0.29, 0.717) is 23.2 Å². The maximum absolute atomic E-state index is 12.3. The molecule has 25 heavy (non-hydrogen) atoms. The number of nitrogens with one attached hydrogen (secondary N) is 2. The van der Waals surface area contributed by atoms with Crippen LogP contribution in [0.4, 0.5) is 5.69 Å². The Morgan fingerprint density at radius 3 is 2.72 bits per heavy atom. The van der Waals surface area contributed by atoms with Crippen LogP contribution in [0.3, 0.4) is 0 Å². The maximum Gasteiger partial charge on any atom is 0.255 e. The number of anilines is 1. The Balaban J connectivity index is 1.73. The minimum atomic E-state index is -0.277. The quantitative estimate of drug-likeness (QED) is 0.904. The summed E-state index contributed by atoms with van der Waals surface area (Å²) in [6.45, 7) is 1.95. The lowest BCUT2D eigenvalue weighted by atomic mass is 9.94. The first-order valence-corrected chi connectivity index (χ1v) is 7.85. The highest BCUT2D eigenvalue weighted by molar-refractivity contribution is 6.07. The van der Waals surface area contributed by atoms with E-state index >= 15 is 0 Å². The van der Waals surface area contributed by atoms with Gasteiger partial charge in [-0.1, -0.05) is 25.1 Å². The molecule has 124 valence electrons. The minimum absolute atomic E-state index is 0.0444. The van der Waals surface area contributed by atoms with Gasteiger partial charge in [0.25, 0.3) is 5.91 Å². The molecule has 1 atom stereocenters. The van der Waals surface area contributed by atoms with Crippen molar-refractivity contribution < 1.29 is 9.59 Å². The van der Waals surface area contributed by atoms with Crippen molar-refractivity contribution in [1.29, 1.82) is 5.26 Å². The molecular formula is C19H16N4O2. The third-order valence-electron chi connectivity index (χ3n) is 3.95. The molecule has 6 heteroatoms. The number of carbonyl (C=O) groups is 2. The average molecular weight is 332 g/mol. The molecule has 0 aliphatic carbocycles. The summed E-state index contributed by atoms with van der Waals surface area (Å²) in [5, 5.41) is 15.8. The van der Waals surface area contributed by atoms with Crippen LogP contribution in [-0.2, 0) is 4.79 Å². The molecule has 2 aromatic carbocycles. The Morgan fingerprint density at radius 2 is 2.04 bits per heavy atom. The Kier molecular flexibility index (Phi) is 4.57. The van der Waals surface area contributed by atoms with Crippen molar-refractivity contribution in [3.05, 3.63) is 65.2 Å². The summed E-state index contributed by atoms with van der Waals surface area (Å²) in [4.78, 5) is 23.6. The van der Waals surface area contributed by atoms with Crippen molar-refractivity contribution in [2.24, 2.45) is 11.0 Å². The first kappa shape index (κ1) is 16.4. The van der Waals surface area contributed by atoms with E-state index in [2.05, 4.69) is 15.8 Å². The van der Waals surface area contributed by atoms with Gasteiger partial charge in [-0.25, -0.2) is 5.43 Å². The van der Waals surface area contributed by atoms with Gasteiger partial charge in [0, 0.05) is 23.6 Å². The van der Waals surface area contributed by atoms with E-state index in [4.69, 9.17) is 5.26 Å². The Labute approximate surface area is 145 Å². The number of rotatable bonds is 3. The fraction of sp³-hybridized carbons (Fsp3) is 0.158. The van der Waals surface area contributed by atoms with Crippen LogP contribution in [0.1, 0.15) is 34.8 Å². The van der Waals surface area contributed by atoms with Gasteiger partial charge in [0.1, 0.15) is 0 Å². The number of carbonyl (C=O) groups excluding carboxylic acids is 2. The van der Waals surface area contributed by atoms with Gasteiger partial charge >= 0.3 is 0 Å². The molecule has 0 saturated heterocycles. The van der Waals surface area contributed by atoms with Gasteiger partial charge in [0.2, 0.25) is 5.91 Å². The molecule has 1 heterocycles. The SMILES string of the molecule is CC1CC(=O)NN=C1c1ccc(NC(=O)c2cccc(C#N)c2)cc1. The number of benzene rings is 2. The van der Waals surface area contributed by atoms with Crippen LogP contribution in [0.2, 0.25) is 0 Å². The van der Waals surface area contributed by atoms with E-state index < -0.39 is 0 Å². The molecule has 0 spiro atoms. The van der Waals surface area contributed by atoms with Crippen molar-refractivity contribution in [1.82, 2.24) is 5.43 Å². The Morgan fingerprint density at radius 1 is 1.28 bits per heavy atom. The summed E-state index contributed by atoms with van der Waals surface area (Å²) in [5.74, 6) is -0.317. The van der Waals surface area contributed by atoms with Crippen LogP contribution in [-0.4, -0.2) is 17.5 Å². The van der Waals surface area contributed by atoms with E-state index in [1.807, 2.05) is 25.1 Å². The molecule has 6 nitrogen and oxygen atoms in total. The van der Waals surface area contributed by atoms with Crippen LogP contribution in [0.15, 0.2) is 53.6 Å². The van der Waals surface area contributed by atoms with Crippen molar-refractivity contribution in [3.63, 3.8) is 0 Å². The number of amides is 2. The second-order valence-electron chi connectivity index (χ2n) is 5.86. The van der Waals surface area contributed by atoms with Crippen molar-refractivity contribution >= 4 is 23.2 Å². The summed E-state index contributed by atoms with van der Waals surface area (Å²) in [5.41, 5.74) is 5.72. The van der Waals surface area contributed by atoms with E-state index in [1.54, 1.807) is 36.4 Å². The van der Waals surface area contributed by atoms with Crippen molar-refractivity contribution in [2.75, 3.05) is 5.32 Å². The van der Waals surface area contributed by atoms with Crippen LogP contribution >= 0.6 is 0 Å². The van der Waals surface area contributed by atoms with Crippen molar-refractivity contribution in [3.8, 4) is 6.07 Å². The molecule has 1 unspecified atom stereocenters. The monoisotopic (exact) mass is 332 g/mol. The standard InChI is InChI=1S/C19H16N4O2/c1-12-9-17(24)22-23-18(12)14-5-7-16(8-6-14)21-19(25)15-4-2-3-13(10-15)11-20/h2-8,10,12H,9H2,1H3,(H,21,25)(H,22,24). The van der Waals surface area contributed by atoms with Crippen LogP contribution in [0, 0.1) is 17.2 Å². The summed E-state index contributed by atoms with van der Waals surface area (Å²) >= 11 is 0. The summed E-state index contributed by atoms with van der Waals surface area (Å²) < 4.78 is 0. The Bertz CT molecular complexity index is 894. The van der Waals surface area contributed by atoms with Gasteiger partial charge in [0.05, 0.1) is 17.3 Å². The van der Waals surface area contributed by atoms with Gasteiger partial charge in [-0.3, -0.25) is 9.59 Å². The molecule has 2 amide bonds. The molecule has 0 aromatic heterocycles. The van der Waals surface area contributed by atoms with Crippen molar-refractivity contribution in [2.45, 2.75) is 13.3 Å². The normalized spacial score (nSPS) is 16.4. The fourth-order valence-electron chi connectivity index (χ4n) is 2.66. The molecule has 0 bridgehead atoms. The zero-order chi connectivity index (χ0) is 17.8. The fourth-order valence-corrected chi connectivity index (χ4v) is 2.66. The average Bonchev–Trinajstić information content (AvgIpc) is 2.62. The molecular weight excluding hydrogens is 316 g/mol. The van der Waals surface area contributed by atoms with Gasteiger partial charge in [-0.2, -0.15) is 10.4 Å². The lowest BCUT2D eigenvalue weighted by molar-refractivity contribution is -0.121. The number of hydrogen-bond acceptors (Lipinski definition) is 4. The third kappa shape index (κ3) is 3.72. The molecule has 0 fully saturated rings. The predicted molar refractivity (Wildman–Crippen MR) is 94.0 cm³/mol. The maximum atomic E-state index is 12.3. The highest BCUT2D eigenvalue weighted by Gasteiger charge is 2.21. The van der Waals surface area contributed by atoms with Crippen LogP contribution in [0.5, 0.6) is 0 Å². The highest BCUT2D eigenvalue weighted by atomic mass is 16.2. The number of nitrogens with zero attached hydrogens (tertiary/aromatic N) is 2. The molecule has 1 aliphatic heterocycles. The minimum Gasteiger partial charge on any atom is -0.322 e. The summed E-state index contributed by atoms with van der Waals surface area (Å²) in [6, 6.07) is 15.8. The molecule has 2 aromatic rings. The van der Waals surface area contributed by atoms with Gasteiger partial charge in [-0.05, 0) is 35.9 Å². The zero-order valence-electron chi connectivity index (χ0n) is 13.6. The van der Waals surface area contributed by atoms with Gasteiger partial charge < -0.3 is 5.32 Å². The third-order valence-corrected chi connectivity index (χ3v) is 3.95. The predicted octanol–water partition coefficient (Wildman–Crippen LogP) is 2.67. The zero-order valence-corrected chi connectivity index (χ0v) is 13.6. The smallest absolute Gasteiger partial charge is 0.255 e. The largest absolute Gasteiger partial charge is 0.322 e. The lowest BCUT2D eigenvalue weighted by Gasteiger charge is -2.19. The van der Waals surface area contributed by atoms with E-state index in [1.165, 1.54) is 0 Å². The summed E-state index contributed by atoms with van der Waals surface area (Å²) in [6.07, 6.45) is 0.409. The van der Waals surface area contributed by atoms with E-state index in [-0.39, 0.29) is 17.7 Å². The number of hydrazone groups is 1. The van der Waals surface area contributed by atoms with E-state index in [0.717, 1.165) is 11.3 Å². The molecule has 0 radical (unpaired) electrons. The molecule has 3 rings (SSSR count). The molecule has 1 aliphatic rings. The van der Waals surface area contributed by atoms with Gasteiger partial charge in [0.15, 0.2) is 0 Å². The lowest BCUT2D eigenvalue weighted by Crippen LogP contribution is -2.31. The second kappa shape index (κ2) is 6.97. The Hall–Kier alpha value is -3.46. The van der Waals surface area contributed by atoms with Crippen LogP contribution < -0.4 is 10.7 Å². The first-order valence-electron chi connectivity index (χ1n) is 7.85.